The van der Waals surface area contributed by atoms with Crippen LogP contribution in [0.15, 0.2) is 152 Å². The summed E-state index contributed by atoms with van der Waals surface area (Å²) in [7, 11) is 0. The van der Waals surface area contributed by atoms with Crippen LogP contribution in [0.25, 0.3) is 78.7 Å². The van der Waals surface area contributed by atoms with Gasteiger partial charge in [-0.15, -0.1) is 0 Å². The van der Waals surface area contributed by atoms with E-state index in [-0.39, 0.29) is 0 Å². The van der Waals surface area contributed by atoms with Crippen molar-refractivity contribution in [2.75, 3.05) is 0 Å². The van der Waals surface area contributed by atoms with Crippen molar-refractivity contribution in [1.82, 2.24) is 19.5 Å². The molecule has 1 atom stereocenters. The van der Waals surface area contributed by atoms with Crippen molar-refractivity contribution < 1.29 is 0 Å². The molecule has 0 radical (unpaired) electrons. The summed E-state index contributed by atoms with van der Waals surface area (Å²) in [5.41, 5.74) is 10.3. The molecule has 0 amide bonds. The Bertz CT molecular complexity index is 2470. The molecular formula is C44H32N4. The first kappa shape index (κ1) is 28.1. The van der Waals surface area contributed by atoms with Gasteiger partial charge in [0.25, 0.3) is 0 Å². The maximum Gasteiger partial charge on any atom is 0.164 e. The van der Waals surface area contributed by atoms with Gasteiger partial charge in [-0.25, -0.2) is 15.0 Å². The Labute approximate surface area is 279 Å². The molecule has 2 heterocycles. The standard InChI is InChI=1S/C44H32N4/c1-29-18-27-39-38-15-7-8-17-40(38)48(41(39)28-29)35-25-23-34(24-26-35)44-46-42(32-11-3-2-4-12-32)45-43(47-44)33-21-19-31(20-22-33)37-16-9-13-30-10-5-6-14-36(30)37/h2-27,29H,28H2,1H3. The third-order valence-electron chi connectivity index (χ3n) is 9.42. The fourth-order valence-electron chi connectivity index (χ4n) is 7.02. The lowest BCUT2D eigenvalue weighted by Crippen LogP contribution is -2.08. The molecule has 2 aromatic heterocycles. The second-order valence-electron chi connectivity index (χ2n) is 12.6. The molecule has 1 aliphatic rings. The number of hydrogen-bond donors (Lipinski definition) is 0. The zero-order valence-corrected chi connectivity index (χ0v) is 26.6. The van der Waals surface area contributed by atoms with E-state index in [9.17, 15) is 0 Å². The lowest BCUT2D eigenvalue weighted by Gasteiger charge is -2.17. The van der Waals surface area contributed by atoms with Gasteiger partial charge in [-0.2, -0.15) is 0 Å². The minimum atomic E-state index is 0.501. The molecule has 0 aliphatic heterocycles. The van der Waals surface area contributed by atoms with E-state index in [1.54, 1.807) is 0 Å². The summed E-state index contributed by atoms with van der Waals surface area (Å²) in [4.78, 5) is 15.0. The van der Waals surface area contributed by atoms with Gasteiger partial charge in [0, 0.05) is 39.0 Å². The molecule has 0 spiro atoms. The largest absolute Gasteiger partial charge is 0.313 e. The highest BCUT2D eigenvalue weighted by atomic mass is 15.0. The SMILES string of the molecule is CC1C=Cc2c(n(-c3ccc(-c4nc(-c5ccccc5)nc(-c5ccc(-c6cccc7ccccc67)cc5)n4)cc3)c3ccccc23)C1. The summed E-state index contributed by atoms with van der Waals surface area (Å²) in [5.74, 6) is 2.46. The van der Waals surface area contributed by atoms with Gasteiger partial charge in [0.1, 0.15) is 0 Å². The van der Waals surface area contributed by atoms with E-state index in [2.05, 4.69) is 139 Å². The predicted octanol–water partition coefficient (Wildman–Crippen LogP) is 10.8. The molecule has 6 aromatic carbocycles. The van der Waals surface area contributed by atoms with Gasteiger partial charge in [-0.3, -0.25) is 0 Å². The Balaban J connectivity index is 1.12. The number of para-hydroxylation sites is 1. The van der Waals surface area contributed by atoms with Crippen molar-refractivity contribution in [2.24, 2.45) is 5.92 Å². The summed E-state index contributed by atoms with van der Waals surface area (Å²) in [5, 5.41) is 3.76. The average molecular weight is 617 g/mol. The van der Waals surface area contributed by atoms with E-state index in [0.29, 0.717) is 23.4 Å². The molecule has 0 N–H and O–H groups in total. The lowest BCUT2D eigenvalue weighted by molar-refractivity contribution is 0.690. The minimum Gasteiger partial charge on any atom is -0.313 e. The van der Waals surface area contributed by atoms with Crippen LogP contribution in [-0.2, 0) is 6.42 Å². The van der Waals surface area contributed by atoms with Crippen LogP contribution in [0.4, 0.5) is 0 Å². The first-order chi connectivity index (χ1) is 23.7. The van der Waals surface area contributed by atoms with Gasteiger partial charge in [-0.1, -0.05) is 134 Å². The number of allylic oxidation sites excluding steroid dienone is 1. The first-order valence-corrected chi connectivity index (χ1v) is 16.5. The van der Waals surface area contributed by atoms with E-state index in [4.69, 9.17) is 15.0 Å². The fourth-order valence-corrected chi connectivity index (χ4v) is 7.02. The molecule has 0 fully saturated rings. The average Bonchev–Trinajstić information content (AvgIpc) is 3.48. The zero-order chi connectivity index (χ0) is 32.0. The molecule has 1 aliphatic carbocycles. The maximum atomic E-state index is 5.04. The van der Waals surface area contributed by atoms with Crippen LogP contribution < -0.4 is 0 Å². The van der Waals surface area contributed by atoms with Crippen LogP contribution in [0, 0.1) is 5.92 Å². The van der Waals surface area contributed by atoms with Crippen LogP contribution in [-0.4, -0.2) is 19.5 Å². The number of benzene rings is 6. The van der Waals surface area contributed by atoms with Gasteiger partial charge in [0.05, 0.1) is 5.52 Å². The molecule has 0 saturated heterocycles. The van der Waals surface area contributed by atoms with Crippen molar-refractivity contribution in [3.8, 4) is 51.0 Å². The van der Waals surface area contributed by atoms with Crippen LogP contribution in [0.5, 0.6) is 0 Å². The Morgan fingerprint density at radius 2 is 1.08 bits per heavy atom. The van der Waals surface area contributed by atoms with E-state index >= 15 is 0 Å². The molecule has 4 heteroatoms. The van der Waals surface area contributed by atoms with Crippen molar-refractivity contribution in [3.05, 3.63) is 163 Å². The van der Waals surface area contributed by atoms with Crippen molar-refractivity contribution in [2.45, 2.75) is 13.3 Å². The monoisotopic (exact) mass is 616 g/mol. The van der Waals surface area contributed by atoms with E-state index in [1.807, 2.05) is 30.3 Å². The summed E-state index contributed by atoms with van der Waals surface area (Å²) in [6.07, 6.45) is 5.63. The molecule has 1 unspecified atom stereocenters. The molecule has 228 valence electrons. The van der Waals surface area contributed by atoms with E-state index < -0.39 is 0 Å². The third kappa shape index (κ3) is 4.90. The van der Waals surface area contributed by atoms with Crippen LogP contribution in [0.3, 0.4) is 0 Å². The fraction of sp³-hybridized carbons (Fsp3) is 0.0682. The van der Waals surface area contributed by atoms with Crippen LogP contribution in [0.2, 0.25) is 0 Å². The number of hydrogen-bond acceptors (Lipinski definition) is 3. The van der Waals surface area contributed by atoms with Crippen molar-refractivity contribution in [3.63, 3.8) is 0 Å². The highest BCUT2D eigenvalue weighted by Crippen LogP contribution is 2.36. The van der Waals surface area contributed by atoms with E-state index in [1.165, 1.54) is 38.5 Å². The second-order valence-corrected chi connectivity index (χ2v) is 12.6. The third-order valence-corrected chi connectivity index (χ3v) is 9.42. The molecule has 4 nitrogen and oxygen atoms in total. The second kappa shape index (κ2) is 11.6. The molecule has 9 rings (SSSR count). The molecule has 0 saturated carbocycles. The highest BCUT2D eigenvalue weighted by Gasteiger charge is 2.21. The first-order valence-electron chi connectivity index (χ1n) is 16.5. The Kier molecular flexibility index (Phi) is 6.79. The molecular weight excluding hydrogens is 585 g/mol. The quantitative estimate of drug-likeness (QED) is 0.193. The minimum absolute atomic E-state index is 0.501. The normalized spacial score (nSPS) is 14.0. The summed E-state index contributed by atoms with van der Waals surface area (Å²) in [6, 6.07) is 51.0. The summed E-state index contributed by atoms with van der Waals surface area (Å²) in [6.45, 7) is 2.28. The Morgan fingerprint density at radius 1 is 0.521 bits per heavy atom. The van der Waals surface area contributed by atoms with Crippen LogP contribution in [0.1, 0.15) is 18.2 Å². The summed E-state index contributed by atoms with van der Waals surface area (Å²) < 4.78 is 2.42. The molecule has 8 aromatic rings. The number of rotatable bonds is 5. The predicted molar refractivity (Wildman–Crippen MR) is 198 cm³/mol. The zero-order valence-electron chi connectivity index (χ0n) is 26.6. The van der Waals surface area contributed by atoms with Gasteiger partial charge in [0.2, 0.25) is 0 Å². The highest BCUT2D eigenvalue weighted by molar-refractivity contribution is 5.97. The van der Waals surface area contributed by atoms with Crippen LogP contribution >= 0.6 is 0 Å². The smallest absolute Gasteiger partial charge is 0.164 e. The molecule has 0 bridgehead atoms. The van der Waals surface area contributed by atoms with E-state index in [0.717, 1.165) is 34.4 Å². The molecule has 48 heavy (non-hydrogen) atoms. The number of aromatic nitrogens is 4. The summed E-state index contributed by atoms with van der Waals surface area (Å²) >= 11 is 0. The maximum absolute atomic E-state index is 5.04. The van der Waals surface area contributed by atoms with Crippen molar-refractivity contribution in [1.29, 1.82) is 0 Å². The van der Waals surface area contributed by atoms with Crippen molar-refractivity contribution >= 4 is 27.8 Å². The Morgan fingerprint density at radius 3 is 1.81 bits per heavy atom. The topological polar surface area (TPSA) is 43.6 Å². The lowest BCUT2D eigenvalue weighted by atomic mass is 9.95. The van der Waals surface area contributed by atoms with Gasteiger partial charge in [-0.05, 0) is 64.6 Å². The van der Waals surface area contributed by atoms with Gasteiger partial charge in [0.15, 0.2) is 17.5 Å². The van der Waals surface area contributed by atoms with Gasteiger partial charge >= 0.3 is 0 Å². The Hall–Kier alpha value is -6.13. The number of nitrogens with zero attached hydrogens (tertiary/aromatic N) is 4. The van der Waals surface area contributed by atoms with Gasteiger partial charge < -0.3 is 4.57 Å². The number of fused-ring (bicyclic) bond motifs is 4.